The van der Waals surface area contributed by atoms with E-state index in [1.807, 2.05) is 18.2 Å². The number of hydrogen-bond acceptors (Lipinski definition) is 3. The SMILES string of the molecule is Cc1ccc(OCCC(O)CN)cc1C. The normalized spacial score (nSPS) is 12.5. The summed E-state index contributed by atoms with van der Waals surface area (Å²) in [6.07, 6.45) is 0.111. The molecule has 1 aromatic rings. The second kappa shape index (κ2) is 5.73. The first-order valence-electron chi connectivity index (χ1n) is 5.21. The average molecular weight is 209 g/mol. The van der Waals surface area contributed by atoms with Crippen LogP contribution in [0.25, 0.3) is 0 Å². The van der Waals surface area contributed by atoms with Gasteiger partial charge in [-0.1, -0.05) is 6.07 Å². The molecule has 0 aliphatic heterocycles. The molecule has 0 saturated carbocycles. The van der Waals surface area contributed by atoms with Gasteiger partial charge in [0.05, 0.1) is 12.7 Å². The molecule has 3 N–H and O–H groups in total. The minimum absolute atomic E-state index is 0.288. The van der Waals surface area contributed by atoms with Gasteiger partial charge in [0.15, 0.2) is 0 Å². The van der Waals surface area contributed by atoms with Gasteiger partial charge in [-0.25, -0.2) is 0 Å². The van der Waals surface area contributed by atoms with Gasteiger partial charge in [-0.3, -0.25) is 0 Å². The Labute approximate surface area is 90.9 Å². The summed E-state index contributed by atoms with van der Waals surface area (Å²) < 4.78 is 5.50. The third kappa shape index (κ3) is 3.90. The van der Waals surface area contributed by atoms with Gasteiger partial charge < -0.3 is 15.6 Å². The topological polar surface area (TPSA) is 55.5 Å². The van der Waals surface area contributed by atoms with E-state index in [0.29, 0.717) is 13.0 Å². The maximum absolute atomic E-state index is 9.23. The van der Waals surface area contributed by atoms with Gasteiger partial charge in [0.25, 0.3) is 0 Å². The maximum Gasteiger partial charge on any atom is 0.119 e. The lowest BCUT2D eigenvalue weighted by atomic mass is 10.1. The predicted octanol–water partition coefficient (Wildman–Crippen LogP) is 1.39. The van der Waals surface area contributed by atoms with Crippen molar-refractivity contribution in [3.05, 3.63) is 29.3 Å². The molecule has 1 aromatic carbocycles. The second-order valence-electron chi connectivity index (χ2n) is 3.77. The van der Waals surface area contributed by atoms with Crippen LogP contribution in [0, 0.1) is 13.8 Å². The van der Waals surface area contributed by atoms with Crippen LogP contribution in [0.3, 0.4) is 0 Å². The average Bonchev–Trinajstić information content (AvgIpc) is 2.23. The number of aliphatic hydroxyl groups is 1. The molecule has 0 aromatic heterocycles. The zero-order valence-electron chi connectivity index (χ0n) is 9.36. The van der Waals surface area contributed by atoms with Crippen molar-refractivity contribution in [3.63, 3.8) is 0 Å². The van der Waals surface area contributed by atoms with Crippen LogP contribution >= 0.6 is 0 Å². The summed E-state index contributed by atoms with van der Waals surface area (Å²) in [7, 11) is 0. The molecule has 0 fully saturated rings. The smallest absolute Gasteiger partial charge is 0.119 e. The van der Waals surface area contributed by atoms with E-state index in [1.54, 1.807) is 0 Å². The highest BCUT2D eigenvalue weighted by molar-refractivity contribution is 5.33. The van der Waals surface area contributed by atoms with Crippen LogP contribution in [0.5, 0.6) is 5.75 Å². The summed E-state index contributed by atoms with van der Waals surface area (Å²) in [5.74, 6) is 0.849. The highest BCUT2D eigenvalue weighted by Gasteiger charge is 2.02. The van der Waals surface area contributed by atoms with Crippen LogP contribution < -0.4 is 10.5 Å². The summed E-state index contributed by atoms with van der Waals surface area (Å²) in [4.78, 5) is 0. The minimum atomic E-state index is -0.462. The summed E-state index contributed by atoms with van der Waals surface area (Å²) in [5, 5.41) is 9.23. The van der Waals surface area contributed by atoms with E-state index in [1.165, 1.54) is 11.1 Å². The van der Waals surface area contributed by atoms with Gasteiger partial charge in [-0.2, -0.15) is 0 Å². The first kappa shape index (κ1) is 12.0. The molecular formula is C12H19NO2. The number of rotatable bonds is 5. The number of ether oxygens (including phenoxy) is 1. The molecule has 0 bridgehead atoms. The number of benzene rings is 1. The molecule has 0 radical (unpaired) electrons. The second-order valence-corrected chi connectivity index (χ2v) is 3.77. The number of aryl methyl sites for hydroxylation is 2. The van der Waals surface area contributed by atoms with Gasteiger partial charge in [0.2, 0.25) is 0 Å². The standard InChI is InChI=1S/C12H19NO2/c1-9-3-4-12(7-10(9)2)15-6-5-11(14)8-13/h3-4,7,11,14H,5-6,8,13H2,1-2H3. The molecule has 1 rings (SSSR count). The van der Waals surface area contributed by atoms with Crippen molar-refractivity contribution < 1.29 is 9.84 Å². The molecule has 0 heterocycles. The molecule has 1 unspecified atom stereocenters. The zero-order chi connectivity index (χ0) is 11.3. The minimum Gasteiger partial charge on any atom is -0.493 e. The fraction of sp³-hybridized carbons (Fsp3) is 0.500. The molecular weight excluding hydrogens is 190 g/mol. The molecule has 0 amide bonds. The lowest BCUT2D eigenvalue weighted by Crippen LogP contribution is -2.21. The van der Waals surface area contributed by atoms with Crippen LogP contribution in [0.15, 0.2) is 18.2 Å². The Morgan fingerprint density at radius 1 is 1.33 bits per heavy atom. The van der Waals surface area contributed by atoms with Crippen LogP contribution in [0.2, 0.25) is 0 Å². The highest BCUT2D eigenvalue weighted by Crippen LogP contribution is 2.16. The van der Waals surface area contributed by atoms with Crippen molar-refractivity contribution in [2.45, 2.75) is 26.4 Å². The van der Waals surface area contributed by atoms with E-state index < -0.39 is 6.10 Å². The number of hydrogen-bond donors (Lipinski definition) is 2. The summed E-state index contributed by atoms with van der Waals surface area (Å²) in [5.41, 5.74) is 7.76. The molecule has 84 valence electrons. The summed E-state index contributed by atoms with van der Waals surface area (Å²) >= 11 is 0. The molecule has 1 atom stereocenters. The zero-order valence-corrected chi connectivity index (χ0v) is 9.36. The van der Waals surface area contributed by atoms with Gasteiger partial charge in [-0.15, -0.1) is 0 Å². The fourth-order valence-electron chi connectivity index (χ4n) is 1.23. The van der Waals surface area contributed by atoms with Gasteiger partial charge in [0.1, 0.15) is 5.75 Å². The van der Waals surface area contributed by atoms with E-state index in [2.05, 4.69) is 13.8 Å². The van der Waals surface area contributed by atoms with Crippen molar-refractivity contribution in [2.24, 2.45) is 5.73 Å². The van der Waals surface area contributed by atoms with Crippen molar-refractivity contribution in [2.75, 3.05) is 13.2 Å². The predicted molar refractivity (Wildman–Crippen MR) is 61.1 cm³/mol. The molecule has 15 heavy (non-hydrogen) atoms. The molecule has 3 heteroatoms. The third-order valence-corrected chi connectivity index (χ3v) is 2.47. The van der Waals surface area contributed by atoms with Crippen LogP contribution in [-0.2, 0) is 0 Å². The Hall–Kier alpha value is -1.06. The molecule has 0 spiro atoms. The largest absolute Gasteiger partial charge is 0.493 e. The van der Waals surface area contributed by atoms with E-state index in [0.717, 1.165) is 5.75 Å². The van der Waals surface area contributed by atoms with Crippen molar-refractivity contribution in [3.8, 4) is 5.75 Å². The van der Waals surface area contributed by atoms with Crippen LogP contribution in [0.4, 0.5) is 0 Å². The lowest BCUT2D eigenvalue weighted by molar-refractivity contribution is 0.146. The van der Waals surface area contributed by atoms with Crippen LogP contribution in [-0.4, -0.2) is 24.4 Å². The van der Waals surface area contributed by atoms with E-state index in [4.69, 9.17) is 10.5 Å². The van der Waals surface area contributed by atoms with Crippen molar-refractivity contribution >= 4 is 0 Å². The Kier molecular flexibility index (Phi) is 4.59. The van der Waals surface area contributed by atoms with Gasteiger partial charge in [-0.05, 0) is 37.1 Å². The van der Waals surface area contributed by atoms with E-state index in [-0.39, 0.29) is 6.54 Å². The highest BCUT2D eigenvalue weighted by atomic mass is 16.5. The maximum atomic E-state index is 9.23. The Morgan fingerprint density at radius 3 is 2.67 bits per heavy atom. The number of nitrogens with two attached hydrogens (primary N) is 1. The number of aliphatic hydroxyl groups excluding tert-OH is 1. The Morgan fingerprint density at radius 2 is 2.07 bits per heavy atom. The third-order valence-electron chi connectivity index (χ3n) is 2.47. The molecule has 0 saturated heterocycles. The first-order valence-corrected chi connectivity index (χ1v) is 5.21. The fourth-order valence-corrected chi connectivity index (χ4v) is 1.23. The van der Waals surface area contributed by atoms with Crippen LogP contribution in [0.1, 0.15) is 17.5 Å². The summed E-state index contributed by atoms with van der Waals surface area (Å²) in [6, 6.07) is 5.98. The van der Waals surface area contributed by atoms with Crippen molar-refractivity contribution in [1.82, 2.24) is 0 Å². The first-order chi connectivity index (χ1) is 7.13. The molecule has 3 nitrogen and oxygen atoms in total. The van der Waals surface area contributed by atoms with Gasteiger partial charge in [0, 0.05) is 13.0 Å². The van der Waals surface area contributed by atoms with Gasteiger partial charge >= 0.3 is 0 Å². The van der Waals surface area contributed by atoms with E-state index >= 15 is 0 Å². The Bertz CT molecular complexity index is 312. The molecule has 0 aliphatic carbocycles. The summed E-state index contributed by atoms with van der Waals surface area (Å²) in [6.45, 7) is 4.91. The Balaban J connectivity index is 2.41. The molecule has 0 aliphatic rings. The van der Waals surface area contributed by atoms with Crippen molar-refractivity contribution in [1.29, 1.82) is 0 Å². The quantitative estimate of drug-likeness (QED) is 0.770. The van der Waals surface area contributed by atoms with E-state index in [9.17, 15) is 5.11 Å². The monoisotopic (exact) mass is 209 g/mol. The lowest BCUT2D eigenvalue weighted by Gasteiger charge is -2.10.